The Morgan fingerprint density at radius 1 is 1.13 bits per heavy atom. The lowest BCUT2D eigenvalue weighted by molar-refractivity contribution is -0.122. The quantitative estimate of drug-likeness (QED) is 0.624. The van der Waals surface area contributed by atoms with Crippen LogP contribution in [-0.2, 0) is 17.8 Å². The summed E-state index contributed by atoms with van der Waals surface area (Å²) in [6, 6.07) is 18.9. The third-order valence-electron chi connectivity index (χ3n) is 4.90. The fourth-order valence-corrected chi connectivity index (χ4v) is 3.30. The highest BCUT2D eigenvalue weighted by Gasteiger charge is 2.15. The van der Waals surface area contributed by atoms with Gasteiger partial charge in [0.05, 0.1) is 7.11 Å². The highest BCUT2D eigenvalue weighted by molar-refractivity contribution is 5.76. The van der Waals surface area contributed by atoms with Gasteiger partial charge in [-0.1, -0.05) is 30.3 Å². The molecule has 1 aromatic heterocycles. The number of aromatic nitrogens is 2. The van der Waals surface area contributed by atoms with Crippen molar-refractivity contribution in [3.05, 3.63) is 82.3 Å². The van der Waals surface area contributed by atoms with E-state index in [1.165, 1.54) is 16.2 Å². The third-order valence-corrected chi connectivity index (χ3v) is 4.90. The molecule has 0 aliphatic rings. The highest BCUT2D eigenvalue weighted by atomic mass is 16.5. The molecular formula is C24H27N3O3. The molecule has 30 heavy (non-hydrogen) atoms. The van der Waals surface area contributed by atoms with Crippen molar-refractivity contribution in [2.75, 3.05) is 7.11 Å². The number of methoxy groups -OCH3 is 1. The second-order valence-electron chi connectivity index (χ2n) is 7.37. The first-order valence-corrected chi connectivity index (χ1v) is 10.0. The smallest absolute Gasteiger partial charge is 0.254 e. The van der Waals surface area contributed by atoms with Crippen LogP contribution in [0.3, 0.4) is 0 Å². The van der Waals surface area contributed by atoms with Gasteiger partial charge in [-0.15, -0.1) is 0 Å². The average Bonchev–Trinajstić information content (AvgIpc) is 2.75. The number of benzene rings is 2. The predicted octanol–water partition coefficient (Wildman–Crippen LogP) is 3.36. The number of rotatable bonds is 8. The van der Waals surface area contributed by atoms with Gasteiger partial charge in [0.25, 0.3) is 5.56 Å². The fourth-order valence-electron chi connectivity index (χ4n) is 3.30. The third kappa shape index (κ3) is 5.56. The molecule has 0 spiro atoms. The van der Waals surface area contributed by atoms with Gasteiger partial charge in [-0.2, -0.15) is 0 Å². The van der Waals surface area contributed by atoms with Crippen molar-refractivity contribution in [2.24, 2.45) is 0 Å². The lowest BCUT2D eigenvalue weighted by Gasteiger charge is -2.16. The minimum atomic E-state index is -0.250. The fraction of sp³-hybridized carbons (Fsp3) is 0.292. The van der Waals surface area contributed by atoms with Gasteiger partial charge < -0.3 is 10.1 Å². The van der Waals surface area contributed by atoms with Crippen molar-refractivity contribution in [1.82, 2.24) is 14.9 Å². The number of nitrogens with one attached hydrogen (secondary N) is 1. The molecule has 1 unspecified atom stereocenters. The zero-order valence-electron chi connectivity index (χ0n) is 17.6. The van der Waals surface area contributed by atoms with E-state index in [0.29, 0.717) is 17.3 Å². The van der Waals surface area contributed by atoms with Crippen LogP contribution in [0, 0.1) is 6.92 Å². The second-order valence-corrected chi connectivity index (χ2v) is 7.37. The number of hydrogen-bond acceptors (Lipinski definition) is 4. The van der Waals surface area contributed by atoms with E-state index in [0.717, 1.165) is 18.4 Å². The minimum absolute atomic E-state index is 0.00347. The monoisotopic (exact) mass is 405 g/mol. The van der Waals surface area contributed by atoms with E-state index in [1.54, 1.807) is 26.2 Å². The van der Waals surface area contributed by atoms with E-state index < -0.39 is 0 Å². The summed E-state index contributed by atoms with van der Waals surface area (Å²) in [5, 5.41) is 2.99. The molecule has 3 aromatic rings. The molecule has 6 heteroatoms. The zero-order valence-corrected chi connectivity index (χ0v) is 17.6. The average molecular weight is 405 g/mol. The van der Waals surface area contributed by atoms with Gasteiger partial charge in [-0.25, -0.2) is 4.98 Å². The molecule has 6 nitrogen and oxygen atoms in total. The van der Waals surface area contributed by atoms with Gasteiger partial charge in [0.15, 0.2) is 0 Å². The Morgan fingerprint density at radius 3 is 2.50 bits per heavy atom. The van der Waals surface area contributed by atoms with Crippen LogP contribution >= 0.6 is 0 Å². The molecule has 2 aromatic carbocycles. The summed E-state index contributed by atoms with van der Waals surface area (Å²) in [7, 11) is 1.60. The molecule has 3 rings (SSSR count). The van der Waals surface area contributed by atoms with Gasteiger partial charge in [-0.05, 0) is 56.5 Å². The van der Waals surface area contributed by atoms with Gasteiger partial charge in [0.2, 0.25) is 5.91 Å². The molecule has 0 bridgehead atoms. The van der Waals surface area contributed by atoms with E-state index in [1.807, 2.05) is 37.3 Å². The Morgan fingerprint density at radius 2 is 1.83 bits per heavy atom. The van der Waals surface area contributed by atoms with E-state index in [2.05, 4.69) is 22.4 Å². The van der Waals surface area contributed by atoms with Crippen molar-refractivity contribution in [3.63, 3.8) is 0 Å². The highest BCUT2D eigenvalue weighted by Crippen LogP contribution is 2.20. The largest absolute Gasteiger partial charge is 0.497 e. The SMILES string of the molecule is COc1ccc(-c2nc(C)cc(=O)n2CC(=O)NC(C)CCc2ccccc2)cc1. The van der Waals surface area contributed by atoms with Crippen LogP contribution in [0.1, 0.15) is 24.6 Å². The Bertz CT molecular complexity index is 1040. The molecule has 0 radical (unpaired) electrons. The molecule has 1 amide bonds. The Balaban J connectivity index is 1.71. The number of hydrogen-bond donors (Lipinski definition) is 1. The zero-order chi connectivity index (χ0) is 21.5. The molecule has 0 saturated heterocycles. The van der Waals surface area contributed by atoms with E-state index in [4.69, 9.17) is 4.74 Å². The Kier molecular flexibility index (Phi) is 7.01. The lowest BCUT2D eigenvalue weighted by atomic mass is 10.1. The number of carbonyl (C=O) groups is 1. The number of amides is 1. The molecule has 1 heterocycles. The molecule has 0 saturated carbocycles. The van der Waals surface area contributed by atoms with Crippen LogP contribution in [0.2, 0.25) is 0 Å². The van der Waals surface area contributed by atoms with Crippen LogP contribution in [0.25, 0.3) is 11.4 Å². The maximum absolute atomic E-state index is 12.6. The summed E-state index contributed by atoms with van der Waals surface area (Å²) >= 11 is 0. The molecular weight excluding hydrogens is 378 g/mol. The van der Waals surface area contributed by atoms with Crippen LogP contribution in [0.4, 0.5) is 0 Å². The van der Waals surface area contributed by atoms with Crippen molar-refractivity contribution in [3.8, 4) is 17.1 Å². The number of ether oxygens (including phenoxy) is 1. The Labute approximate surface area is 176 Å². The van der Waals surface area contributed by atoms with E-state index in [9.17, 15) is 9.59 Å². The number of aryl methyl sites for hydroxylation is 2. The summed E-state index contributed by atoms with van der Waals surface area (Å²) in [6.45, 7) is 3.66. The summed E-state index contributed by atoms with van der Waals surface area (Å²) in [4.78, 5) is 29.8. The first kappa shape index (κ1) is 21.3. The van der Waals surface area contributed by atoms with Gasteiger partial charge >= 0.3 is 0 Å². The molecule has 0 fully saturated rings. The standard InChI is InChI=1S/C24H27N3O3/c1-17(9-10-19-7-5-4-6-8-19)25-22(28)16-27-23(29)15-18(2)26-24(27)20-11-13-21(30-3)14-12-20/h4-8,11-15,17H,9-10,16H2,1-3H3,(H,25,28). The van der Waals surface area contributed by atoms with Gasteiger partial charge in [-0.3, -0.25) is 14.2 Å². The van der Waals surface area contributed by atoms with Crippen LogP contribution < -0.4 is 15.6 Å². The second kappa shape index (κ2) is 9.87. The minimum Gasteiger partial charge on any atom is -0.497 e. The van der Waals surface area contributed by atoms with E-state index >= 15 is 0 Å². The predicted molar refractivity (Wildman–Crippen MR) is 118 cm³/mol. The van der Waals surface area contributed by atoms with Gasteiger partial charge in [0, 0.05) is 23.4 Å². The first-order chi connectivity index (χ1) is 14.5. The molecule has 0 aliphatic heterocycles. The molecule has 0 aliphatic carbocycles. The first-order valence-electron chi connectivity index (χ1n) is 10.0. The summed E-state index contributed by atoms with van der Waals surface area (Å²) in [5.41, 5.74) is 2.35. The van der Waals surface area contributed by atoms with Gasteiger partial charge in [0.1, 0.15) is 18.1 Å². The van der Waals surface area contributed by atoms with Crippen molar-refractivity contribution in [1.29, 1.82) is 0 Å². The van der Waals surface area contributed by atoms with Crippen LogP contribution in [-0.4, -0.2) is 28.6 Å². The van der Waals surface area contributed by atoms with Crippen molar-refractivity contribution >= 4 is 5.91 Å². The molecule has 1 atom stereocenters. The maximum atomic E-state index is 12.6. The Hall–Kier alpha value is -3.41. The van der Waals surface area contributed by atoms with Crippen LogP contribution in [0.5, 0.6) is 5.75 Å². The normalized spacial score (nSPS) is 11.7. The molecule has 156 valence electrons. The maximum Gasteiger partial charge on any atom is 0.254 e. The van der Waals surface area contributed by atoms with Crippen LogP contribution in [0.15, 0.2) is 65.5 Å². The lowest BCUT2D eigenvalue weighted by Crippen LogP contribution is -2.38. The summed E-state index contributed by atoms with van der Waals surface area (Å²) in [6.07, 6.45) is 1.70. The molecule has 1 N–H and O–H groups in total. The van der Waals surface area contributed by atoms with Crippen molar-refractivity contribution in [2.45, 2.75) is 39.3 Å². The number of nitrogens with zero attached hydrogens (tertiary/aromatic N) is 2. The topological polar surface area (TPSA) is 73.2 Å². The number of carbonyl (C=O) groups excluding carboxylic acids is 1. The summed E-state index contributed by atoms with van der Waals surface area (Å²) < 4.78 is 6.60. The van der Waals surface area contributed by atoms with E-state index in [-0.39, 0.29) is 24.1 Å². The van der Waals surface area contributed by atoms with Crippen molar-refractivity contribution < 1.29 is 9.53 Å². The summed E-state index contributed by atoms with van der Waals surface area (Å²) in [5.74, 6) is 0.970.